The van der Waals surface area contributed by atoms with Crippen LogP contribution in [-0.4, -0.2) is 53.5 Å². The lowest BCUT2D eigenvalue weighted by molar-refractivity contribution is -0.0498. The summed E-state index contributed by atoms with van der Waals surface area (Å²) in [7, 11) is 0. The summed E-state index contributed by atoms with van der Waals surface area (Å²) in [5.41, 5.74) is 3.25. The zero-order valence-electron chi connectivity index (χ0n) is 15.7. The summed E-state index contributed by atoms with van der Waals surface area (Å²) in [6.45, 7) is 0.491. The molecule has 5 rings (SSSR count). The second-order valence-electron chi connectivity index (χ2n) is 7.21. The molecule has 0 bridgehead atoms. The van der Waals surface area contributed by atoms with E-state index in [-0.39, 0.29) is 11.9 Å². The number of benzene rings is 1. The van der Waals surface area contributed by atoms with Crippen LogP contribution in [0, 0.1) is 0 Å². The number of hydrogen-bond acceptors (Lipinski definition) is 6. The molecule has 1 saturated heterocycles. The van der Waals surface area contributed by atoms with Gasteiger partial charge in [0, 0.05) is 24.6 Å². The highest BCUT2D eigenvalue weighted by molar-refractivity contribution is 5.59. The number of nitrogens with zero attached hydrogens (tertiary/aromatic N) is 4. The van der Waals surface area contributed by atoms with Crippen LogP contribution in [0.15, 0.2) is 36.5 Å². The highest BCUT2D eigenvalue weighted by Gasteiger charge is 2.33. The first-order valence-corrected chi connectivity index (χ1v) is 9.70. The lowest BCUT2D eigenvalue weighted by Gasteiger charge is -2.41. The molecule has 9 heteroatoms. The third kappa shape index (κ3) is 3.57. The van der Waals surface area contributed by atoms with Crippen molar-refractivity contribution in [1.82, 2.24) is 19.9 Å². The van der Waals surface area contributed by atoms with Crippen molar-refractivity contribution in [3.8, 4) is 11.5 Å². The molecule has 1 N–H and O–H groups in total. The molecule has 29 heavy (non-hydrogen) atoms. The summed E-state index contributed by atoms with van der Waals surface area (Å²) in [5, 5.41) is 7.91. The zero-order chi connectivity index (χ0) is 19.8. The van der Waals surface area contributed by atoms with Crippen molar-refractivity contribution in [2.24, 2.45) is 0 Å². The minimum absolute atomic E-state index is 0.0233. The van der Waals surface area contributed by atoms with E-state index in [1.54, 1.807) is 18.3 Å². The number of aromatic nitrogens is 3. The van der Waals surface area contributed by atoms with Crippen molar-refractivity contribution in [2.45, 2.75) is 25.6 Å². The van der Waals surface area contributed by atoms with Crippen molar-refractivity contribution in [3.63, 3.8) is 0 Å². The predicted octanol–water partition coefficient (Wildman–Crippen LogP) is 2.29. The molecule has 0 unspecified atom stereocenters. The van der Waals surface area contributed by atoms with Gasteiger partial charge in [-0.2, -0.15) is 18.4 Å². The van der Waals surface area contributed by atoms with Gasteiger partial charge in [-0.05, 0) is 37.2 Å². The van der Waals surface area contributed by atoms with Crippen LogP contribution < -0.4 is 19.7 Å². The Kier molecular flexibility index (Phi) is 4.67. The van der Waals surface area contributed by atoms with Crippen LogP contribution in [-0.2, 0) is 12.8 Å². The van der Waals surface area contributed by atoms with E-state index in [4.69, 9.17) is 9.72 Å². The summed E-state index contributed by atoms with van der Waals surface area (Å²) in [5.74, 6) is 1.86. The zero-order valence-corrected chi connectivity index (χ0v) is 15.7. The Morgan fingerprint density at radius 3 is 2.59 bits per heavy atom. The van der Waals surface area contributed by atoms with E-state index in [0.29, 0.717) is 5.75 Å². The summed E-state index contributed by atoms with van der Waals surface area (Å²) >= 11 is 0. The molecule has 152 valence electrons. The van der Waals surface area contributed by atoms with Crippen molar-refractivity contribution in [3.05, 3.63) is 47.8 Å². The Morgan fingerprint density at radius 1 is 1.03 bits per heavy atom. The highest BCUT2D eigenvalue weighted by Crippen LogP contribution is 2.31. The number of ether oxygens (including phenoxy) is 2. The van der Waals surface area contributed by atoms with Gasteiger partial charge in [-0.1, -0.05) is 0 Å². The van der Waals surface area contributed by atoms with Crippen molar-refractivity contribution >= 4 is 11.5 Å². The van der Waals surface area contributed by atoms with Crippen LogP contribution in [0.2, 0.25) is 0 Å². The smallest absolute Gasteiger partial charge is 0.387 e. The van der Waals surface area contributed by atoms with Crippen LogP contribution in [0.4, 0.5) is 14.6 Å². The fourth-order valence-corrected chi connectivity index (χ4v) is 3.92. The number of halogens is 2. The quantitative estimate of drug-likeness (QED) is 0.708. The fourth-order valence-electron chi connectivity index (χ4n) is 3.92. The van der Waals surface area contributed by atoms with Crippen LogP contribution in [0.5, 0.6) is 11.5 Å². The number of anilines is 1. The maximum absolute atomic E-state index is 12.3. The van der Waals surface area contributed by atoms with Gasteiger partial charge < -0.3 is 19.7 Å². The summed E-state index contributed by atoms with van der Waals surface area (Å²) in [6, 6.07) is 8.20. The number of fused-ring (bicyclic) bond motifs is 2. The highest BCUT2D eigenvalue weighted by atomic mass is 19.3. The molecule has 0 atom stereocenters. The van der Waals surface area contributed by atoms with E-state index in [9.17, 15) is 8.78 Å². The van der Waals surface area contributed by atoms with E-state index in [1.165, 1.54) is 17.7 Å². The van der Waals surface area contributed by atoms with E-state index in [0.717, 1.165) is 56.2 Å². The van der Waals surface area contributed by atoms with Gasteiger partial charge in [0.15, 0.2) is 5.65 Å². The molecule has 0 spiro atoms. The molecular weight excluding hydrogens is 380 g/mol. The number of alkyl halides is 2. The molecule has 2 aromatic heterocycles. The van der Waals surface area contributed by atoms with Gasteiger partial charge in [-0.3, -0.25) is 0 Å². The maximum atomic E-state index is 12.3. The van der Waals surface area contributed by atoms with E-state index in [2.05, 4.69) is 20.1 Å². The first-order valence-electron chi connectivity index (χ1n) is 9.70. The largest absolute Gasteiger partial charge is 0.487 e. The lowest BCUT2D eigenvalue weighted by atomic mass is 10.1. The van der Waals surface area contributed by atoms with Crippen molar-refractivity contribution in [1.29, 1.82) is 0 Å². The third-order valence-electron chi connectivity index (χ3n) is 5.28. The molecule has 0 radical (unpaired) electrons. The third-order valence-corrected chi connectivity index (χ3v) is 5.28. The molecule has 0 saturated carbocycles. The maximum Gasteiger partial charge on any atom is 0.387 e. The van der Waals surface area contributed by atoms with Crippen LogP contribution in [0.25, 0.3) is 5.65 Å². The Labute approximate surface area is 166 Å². The molecule has 2 aliphatic rings. The Hall–Kier alpha value is -2.94. The van der Waals surface area contributed by atoms with Crippen molar-refractivity contribution in [2.75, 3.05) is 31.1 Å². The standard InChI is InChI=1S/C20H21F2N5O2/c21-20(22)29-14-3-1-13(2-4-14)28-15-11-26(12-15)19-16-5-8-23-9-6-17(16)25-18-7-10-24-27(18)19/h1-4,7,10,15,20,23H,5-6,8-9,11-12H2. The second kappa shape index (κ2) is 7.47. The molecule has 0 aliphatic carbocycles. The number of hydrogen-bond donors (Lipinski definition) is 1. The average molecular weight is 401 g/mol. The molecular formula is C20H21F2N5O2. The first kappa shape index (κ1) is 18.1. The number of rotatable bonds is 5. The van der Waals surface area contributed by atoms with Gasteiger partial charge in [0.2, 0.25) is 0 Å². The van der Waals surface area contributed by atoms with Gasteiger partial charge >= 0.3 is 6.61 Å². The normalized spacial score (nSPS) is 17.1. The van der Waals surface area contributed by atoms with Crippen LogP contribution >= 0.6 is 0 Å². The van der Waals surface area contributed by atoms with E-state index < -0.39 is 6.61 Å². The van der Waals surface area contributed by atoms with Gasteiger partial charge in [-0.15, -0.1) is 0 Å². The fraction of sp³-hybridized carbons (Fsp3) is 0.400. The molecule has 0 amide bonds. The van der Waals surface area contributed by atoms with Crippen LogP contribution in [0.1, 0.15) is 11.3 Å². The summed E-state index contributed by atoms with van der Waals surface area (Å²) in [4.78, 5) is 7.06. The molecule has 4 heterocycles. The van der Waals surface area contributed by atoms with Gasteiger partial charge in [-0.25, -0.2) is 4.98 Å². The first-order chi connectivity index (χ1) is 14.2. The van der Waals surface area contributed by atoms with E-state index in [1.807, 2.05) is 10.6 Å². The molecule has 7 nitrogen and oxygen atoms in total. The Bertz CT molecular complexity index is 1000. The molecule has 3 aromatic rings. The predicted molar refractivity (Wildman–Crippen MR) is 103 cm³/mol. The lowest BCUT2D eigenvalue weighted by Crippen LogP contribution is -2.55. The van der Waals surface area contributed by atoms with Gasteiger partial charge in [0.25, 0.3) is 0 Å². The van der Waals surface area contributed by atoms with Crippen LogP contribution in [0.3, 0.4) is 0 Å². The molecule has 1 aromatic carbocycles. The Balaban J connectivity index is 1.31. The topological polar surface area (TPSA) is 63.9 Å². The summed E-state index contributed by atoms with van der Waals surface area (Å²) < 4.78 is 36.8. The molecule has 2 aliphatic heterocycles. The minimum Gasteiger partial charge on any atom is -0.487 e. The Morgan fingerprint density at radius 2 is 1.79 bits per heavy atom. The van der Waals surface area contributed by atoms with E-state index >= 15 is 0 Å². The van der Waals surface area contributed by atoms with Gasteiger partial charge in [0.1, 0.15) is 23.4 Å². The minimum atomic E-state index is -2.83. The number of nitrogens with one attached hydrogen (secondary N) is 1. The summed E-state index contributed by atoms with van der Waals surface area (Å²) in [6.07, 6.45) is 3.63. The monoisotopic (exact) mass is 401 g/mol. The molecule has 1 fully saturated rings. The second-order valence-corrected chi connectivity index (χ2v) is 7.21. The SMILES string of the molecule is FC(F)Oc1ccc(OC2CN(c3c4c(nc5ccnn35)CCNCC4)C2)cc1. The van der Waals surface area contributed by atoms with Crippen molar-refractivity contribution < 1.29 is 18.3 Å². The average Bonchev–Trinajstić information content (AvgIpc) is 3.01. The van der Waals surface area contributed by atoms with Gasteiger partial charge in [0.05, 0.1) is 25.0 Å².